The highest BCUT2D eigenvalue weighted by Crippen LogP contribution is 2.28. The molecular formula is C16H15N3O2. The molecule has 0 saturated heterocycles. The van der Waals surface area contributed by atoms with Gasteiger partial charge < -0.3 is 9.64 Å². The summed E-state index contributed by atoms with van der Waals surface area (Å²) in [6.07, 6.45) is 1.67. The van der Waals surface area contributed by atoms with Gasteiger partial charge in [0, 0.05) is 12.4 Å². The van der Waals surface area contributed by atoms with Crippen molar-refractivity contribution in [3.8, 4) is 5.75 Å². The average molecular weight is 281 g/mol. The standard InChI is InChI=1S/C16H15N3O2/c1-19(14-8-3-4-9-15(14)21-2)16(20)11-6-5-7-13-12(11)10-17-18-13/h3-10H,1-2H3,(H,17,18). The minimum Gasteiger partial charge on any atom is -0.495 e. The van der Waals surface area contributed by atoms with Crippen LogP contribution in [0.25, 0.3) is 10.9 Å². The van der Waals surface area contributed by atoms with E-state index in [0.717, 1.165) is 16.6 Å². The molecule has 0 aliphatic heterocycles. The molecule has 0 radical (unpaired) electrons. The molecule has 2 aromatic carbocycles. The van der Waals surface area contributed by atoms with Crippen LogP contribution in [0.5, 0.6) is 5.75 Å². The van der Waals surface area contributed by atoms with E-state index in [4.69, 9.17) is 4.74 Å². The van der Waals surface area contributed by atoms with E-state index in [1.54, 1.807) is 31.3 Å². The number of rotatable bonds is 3. The zero-order valence-corrected chi connectivity index (χ0v) is 11.8. The molecule has 0 fully saturated rings. The zero-order chi connectivity index (χ0) is 14.8. The number of nitrogens with zero attached hydrogens (tertiary/aromatic N) is 2. The number of para-hydroxylation sites is 2. The highest BCUT2D eigenvalue weighted by atomic mass is 16.5. The van der Waals surface area contributed by atoms with Crippen molar-refractivity contribution in [2.24, 2.45) is 0 Å². The Morgan fingerprint density at radius 2 is 2.00 bits per heavy atom. The maximum absolute atomic E-state index is 12.8. The lowest BCUT2D eigenvalue weighted by molar-refractivity contribution is 0.0994. The highest BCUT2D eigenvalue weighted by Gasteiger charge is 2.19. The van der Waals surface area contributed by atoms with E-state index in [-0.39, 0.29) is 5.91 Å². The summed E-state index contributed by atoms with van der Waals surface area (Å²) in [6.45, 7) is 0. The number of aromatic nitrogens is 2. The largest absolute Gasteiger partial charge is 0.495 e. The summed E-state index contributed by atoms with van der Waals surface area (Å²) in [5.74, 6) is 0.555. The number of aromatic amines is 1. The van der Waals surface area contributed by atoms with Crippen LogP contribution in [0.3, 0.4) is 0 Å². The number of amides is 1. The number of H-pyrrole nitrogens is 1. The van der Waals surface area contributed by atoms with Crippen molar-refractivity contribution in [1.29, 1.82) is 0 Å². The van der Waals surface area contributed by atoms with E-state index in [2.05, 4.69) is 10.2 Å². The minimum absolute atomic E-state index is 0.105. The first-order valence-electron chi connectivity index (χ1n) is 6.55. The van der Waals surface area contributed by atoms with Crippen molar-refractivity contribution >= 4 is 22.5 Å². The SMILES string of the molecule is COc1ccccc1N(C)C(=O)c1cccc2[nH]ncc12. The van der Waals surface area contributed by atoms with Crippen LogP contribution in [0.1, 0.15) is 10.4 Å². The molecule has 3 rings (SSSR count). The second kappa shape index (κ2) is 5.28. The van der Waals surface area contributed by atoms with Gasteiger partial charge in [0.2, 0.25) is 0 Å². The first-order valence-corrected chi connectivity index (χ1v) is 6.55. The Kier molecular flexibility index (Phi) is 3.31. The quantitative estimate of drug-likeness (QED) is 0.803. The highest BCUT2D eigenvalue weighted by molar-refractivity contribution is 6.13. The molecule has 0 atom stereocenters. The first-order chi connectivity index (χ1) is 10.2. The summed E-state index contributed by atoms with van der Waals surface area (Å²) in [5.41, 5.74) is 2.18. The number of anilines is 1. The van der Waals surface area contributed by atoms with E-state index in [9.17, 15) is 4.79 Å². The van der Waals surface area contributed by atoms with Crippen LogP contribution in [0.15, 0.2) is 48.7 Å². The number of hydrogen-bond acceptors (Lipinski definition) is 3. The van der Waals surface area contributed by atoms with Gasteiger partial charge >= 0.3 is 0 Å². The van der Waals surface area contributed by atoms with Gasteiger partial charge in [-0.25, -0.2) is 0 Å². The monoisotopic (exact) mass is 281 g/mol. The molecule has 5 nitrogen and oxygen atoms in total. The number of carbonyl (C=O) groups is 1. The normalized spacial score (nSPS) is 10.6. The fourth-order valence-electron chi connectivity index (χ4n) is 2.35. The Morgan fingerprint density at radius 1 is 1.19 bits per heavy atom. The topological polar surface area (TPSA) is 58.2 Å². The maximum atomic E-state index is 12.8. The number of fused-ring (bicyclic) bond motifs is 1. The first kappa shape index (κ1) is 13.2. The number of benzene rings is 2. The van der Waals surface area contributed by atoms with Crippen molar-refractivity contribution in [2.75, 3.05) is 19.1 Å². The van der Waals surface area contributed by atoms with Gasteiger partial charge in [-0.05, 0) is 24.3 Å². The number of ether oxygens (including phenoxy) is 1. The van der Waals surface area contributed by atoms with E-state index >= 15 is 0 Å². The molecule has 1 aromatic heterocycles. The number of methoxy groups -OCH3 is 1. The summed E-state index contributed by atoms with van der Waals surface area (Å²) in [4.78, 5) is 14.3. The van der Waals surface area contributed by atoms with Crippen LogP contribution < -0.4 is 9.64 Å². The molecule has 3 aromatic rings. The third kappa shape index (κ3) is 2.23. The van der Waals surface area contributed by atoms with E-state index < -0.39 is 0 Å². The maximum Gasteiger partial charge on any atom is 0.258 e. The van der Waals surface area contributed by atoms with Gasteiger partial charge in [-0.15, -0.1) is 0 Å². The lowest BCUT2D eigenvalue weighted by atomic mass is 10.1. The number of nitrogens with one attached hydrogen (secondary N) is 1. The van der Waals surface area contributed by atoms with Crippen molar-refractivity contribution in [1.82, 2.24) is 10.2 Å². The van der Waals surface area contributed by atoms with Crippen LogP contribution in [-0.4, -0.2) is 30.3 Å². The summed E-state index contributed by atoms with van der Waals surface area (Å²) in [7, 11) is 3.33. The molecule has 0 bridgehead atoms. The molecule has 21 heavy (non-hydrogen) atoms. The van der Waals surface area contributed by atoms with Gasteiger partial charge in [0.25, 0.3) is 5.91 Å². The summed E-state index contributed by atoms with van der Waals surface area (Å²) < 4.78 is 5.31. The fourth-order valence-corrected chi connectivity index (χ4v) is 2.35. The van der Waals surface area contributed by atoms with Gasteiger partial charge in [-0.3, -0.25) is 9.89 Å². The Hall–Kier alpha value is -2.82. The molecule has 1 amide bonds. The second-order valence-electron chi connectivity index (χ2n) is 4.67. The Balaban J connectivity index is 2.03. The predicted octanol–water partition coefficient (Wildman–Crippen LogP) is 2.85. The zero-order valence-electron chi connectivity index (χ0n) is 11.8. The predicted molar refractivity (Wildman–Crippen MR) is 81.8 cm³/mol. The molecule has 0 unspecified atom stereocenters. The third-order valence-corrected chi connectivity index (χ3v) is 3.47. The third-order valence-electron chi connectivity index (χ3n) is 3.47. The fraction of sp³-hybridized carbons (Fsp3) is 0.125. The van der Waals surface area contributed by atoms with Crippen molar-refractivity contribution in [3.63, 3.8) is 0 Å². The van der Waals surface area contributed by atoms with Crippen LogP contribution >= 0.6 is 0 Å². The van der Waals surface area contributed by atoms with E-state index in [1.165, 1.54) is 0 Å². The van der Waals surface area contributed by atoms with Crippen molar-refractivity contribution in [2.45, 2.75) is 0 Å². The van der Waals surface area contributed by atoms with Gasteiger partial charge in [-0.1, -0.05) is 18.2 Å². The van der Waals surface area contributed by atoms with Crippen molar-refractivity contribution < 1.29 is 9.53 Å². The Bertz CT molecular complexity index is 795. The summed E-state index contributed by atoms with van der Waals surface area (Å²) >= 11 is 0. The molecule has 0 saturated carbocycles. The smallest absolute Gasteiger partial charge is 0.258 e. The Labute approximate surface area is 122 Å². The molecular weight excluding hydrogens is 266 g/mol. The number of carbonyl (C=O) groups excluding carboxylic acids is 1. The van der Waals surface area contributed by atoms with Gasteiger partial charge in [0.1, 0.15) is 5.75 Å². The lowest BCUT2D eigenvalue weighted by Crippen LogP contribution is -2.26. The van der Waals surface area contributed by atoms with Crippen LogP contribution in [0, 0.1) is 0 Å². The summed E-state index contributed by atoms with van der Waals surface area (Å²) in [5, 5.41) is 7.67. The van der Waals surface area contributed by atoms with Crippen LogP contribution in [0.4, 0.5) is 5.69 Å². The minimum atomic E-state index is -0.105. The lowest BCUT2D eigenvalue weighted by Gasteiger charge is -2.20. The second-order valence-corrected chi connectivity index (χ2v) is 4.67. The van der Waals surface area contributed by atoms with Crippen molar-refractivity contribution in [3.05, 3.63) is 54.2 Å². The van der Waals surface area contributed by atoms with Gasteiger partial charge in [0.15, 0.2) is 0 Å². The molecule has 1 N–H and O–H groups in total. The van der Waals surface area contributed by atoms with Crippen LogP contribution in [-0.2, 0) is 0 Å². The molecule has 5 heteroatoms. The Morgan fingerprint density at radius 3 is 2.81 bits per heavy atom. The van der Waals surface area contributed by atoms with Crippen LogP contribution in [0.2, 0.25) is 0 Å². The molecule has 0 aliphatic carbocycles. The molecule has 0 spiro atoms. The summed E-state index contributed by atoms with van der Waals surface area (Å²) in [6, 6.07) is 13.0. The van der Waals surface area contributed by atoms with Gasteiger partial charge in [-0.2, -0.15) is 5.10 Å². The molecule has 1 heterocycles. The average Bonchev–Trinajstić information content (AvgIpc) is 3.02. The molecule has 106 valence electrons. The van der Waals surface area contributed by atoms with E-state index in [1.807, 2.05) is 36.4 Å². The molecule has 0 aliphatic rings. The van der Waals surface area contributed by atoms with Gasteiger partial charge in [0.05, 0.1) is 30.1 Å². The number of hydrogen-bond donors (Lipinski definition) is 1. The van der Waals surface area contributed by atoms with E-state index in [0.29, 0.717) is 11.3 Å².